The Labute approximate surface area is 194 Å². The Balaban J connectivity index is 1.35. The van der Waals surface area contributed by atoms with Gasteiger partial charge in [0.15, 0.2) is 5.96 Å². The smallest absolute Gasteiger partial charge is 0.226 e. The molecule has 1 aliphatic rings. The predicted octanol–water partition coefficient (Wildman–Crippen LogP) is 4.03. The molecule has 2 aromatic carbocycles. The summed E-state index contributed by atoms with van der Waals surface area (Å²) in [6.07, 6.45) is 3.30. The minimum atomic E-state index is 0.246. The van der Waals surface area contributed by atoms with Crippen LogP contribution >= 0.6 is 0 Å². The Hall–Kier alpha value is -3.61. The third kappa shape index (κ3) is 6.22. The summed E-state index contributed by atoms with van der Waals surface area (Å²) in [7, 11) is 0. The molecule has 1 aromatic heterocycles. The van der Waals surface area contributed by atoms with Crippen molar-refractivity contribution in [3.05, 3.63) is 77.2 Å². The first-order valence-electron chi connectivity index (χ1n) is 11.5. The number of likely N-dealkylation sites (tertiary alicyclic amines) is 1. The number of carbonyl (C=O) groups is 1. The number of amides is 1. The molecule has 0 bridgehead atoms. The SMILES string of the molecule is CCNC(=NCc1cccc(CN2CCCC2=O)c1)NCc1coc(-c2ccc(C)cc2)n1. The maximum absolute atomic E-state index is 11.9. The van der Waals surface area contributed by atoms with Gasteiger partial charge in [0, 0.05) is 31.6 Å². The molecule has 7 nitrogen and oxygen atoms in total. The molecule has 0 unspecified atom stereocenters. The zero-order valence-corrected chi connectivity index (χ0v) is 19.3. The van der Waals surface area contributed by atoms with Crippen LogP contribution < -0.4 is 10.6 Å². The number of aliphatic imine (C=N–C) groups is 1. The highest BCUT2D eigenvalue weighted by Crippen LogP contribution is 2.19. The summed E-state index contributed by atoms with van der Waals surface area (Å²) in [5.41, 5.74) is 5.23. The second kappa shape index (κ2) is 10.8. The lowest BCUT2D eigenvalue weighted by Gasteiger charge is -2.16. The third-order valence-electron chi connectivity index (χ3n) is 5.59. The molecule has 0 saturated carbocycles. The first kappa shape index (κ1) is 22.6. The largest absolute Gasteiger partial charge is 0.444 e. The highest BCUT2D eigenvalue weighted by molar-refractivity contribution is 5.79. The van der Waals surface area contributed by atoms with E-state index in [0.29, 0.717) is 31.9 Å². The number of carbonyl (C=O) groups excluding carboxylic acids is 1. The first-order chi connectivity index (χ1) is 16.1. The Morgan fingerprint density at radius 1 is 1.15 bits per heavy atom. The standard InChI is InChI=1S/C26H31N5O2/c1-3-27-26(29-16-23-18-33-25(30-23)22-11-9-19(2)10-12-22)28-15-20-6-4-7-21(14-20)17-31-13-5-8-24(31)32/h4,6-7,9-12,14,18H,3,5,8,13,15-17H2,1-2H3,(H2,27,28,29). The highest BCUT2D eigenvalue weighted by atomic mass is 16.3. The molecule has 0 aliphatic carbocycles. The van der Waals surface area contributed by atoms with Crippen LogP contribution in [0.4, 0.5) is 0 Å². The molecule has 1 aliphatic heterocycles. The van der Waals surface area contributed by atoms with Gasteiger partial charge in [0.1, 0.15) is 6.26 Å². The molecule has 0 spiro atoms. The molecule has 0 atom stereocenters. The van der Waals surface area contributed by atoms with Gasteiger partial charge in [-0.3, -0.25) is 4.79 Å². The van der Waals surface area contributed by atoms with E-state index in [4.69, 9.17) is 9.41 Å². The zero-order valence-electron chi connectivity index (χ0n) is 19.3. The lowest BCUT2D eigenvalue weighted by Crippen LogP contribution is -2.36. The number of rotatable bonds is 8. The summed E-state index contributed by atoms with van der Waals surface area (Å²) in [6.45, 7) is 7.43. The van der Waals surface area contributed by atoms with Gasteiger partial charge in [-0.25, -0.2) is 9.98 Å². The van der Waals surface area contributed by atoms with Crippen molar-refractivity contribution in [1.29, 1.82) is 0 Å². The summed E-state index contributed by atoms with van der Waals surface area (Å²) in [5.74, 6) is 1.58. The quantitative estimate of drug-likeness (QED) is 0.404. The molecule has 33 heavy (non-hydrogen) atoms. The molecule has 0 radical (unpaired) electrons. The van der Waals surface area contributed by atoms with Crippen LogP contribution in [-0.4, -0.2) is 34.8 Å². The van der Waals surface area contributed by atoms with Gasteiger partial charge in [0.2, 0.25) is 11.8 Å². The zero-order chi connectivity index (χ0) is 23.0. The summed E-state index contributed by atoms with van der Waals surface area (Å²) in [6, 6.07) is 16.4. The third-order valence-corrected chi connectivity index (χ3v) is 5.59. The average molecular weight is 446 g/mol. The second-order valence-electron chi connectivity index (χ2n) is 8.30. The number of hydrogen-bond acceptors (Lipinski definition) is 4. The normalized spacial score (nSPS) is 14.1. The van der Waals surface area contributed by atoms with Crippen LogP contribution in [0.2, 0.25) is 0 Å². The van der Waals surface area contributed by atoms with Gasteiger partial charge in [-0.05, 0) is 43.5 Å². The van der Waals surface area contributed by atoms with Crippen LogP contribution in [0.5, 0.6) is 0 Å². The predicted molar refractivity (Wildman–Crippen MR) is 129 cm³/mol. The number of aryl methyl sites for hydroxylation is 1. The molecule has 4 rings (SSSR count). The van der Waals surface area contributed by atoms with Gasteiger partial charge in [0.25, 0.3) is 0 Å². The Morgan fingerprint density at radius 2 is 1.97 bits per heavy atom. The molecule has 1 fully saturated rings. The van der Waals surface area contributed by atoms with Crippen molar-refractivity contribution in [2.24, 2.45) is 4.99 Å². The number of nitrogens with one attached hydrogen (secondary N) is 2. The molecule has 2 N–H and O–H groups in total. The minimum Gasteiger partial charge on any atom is -0.444 e. The van der Waals surface area contributed by atoms with Crippen molar-refractivity contribution >= 4 is 11.9 Å². The van der Waals surface area contributed by atoms with E-state index in [0.717, 1.165) is 47.9 Å². The van der Waals surface area contributed by atoms with Crippen molar-refractivity contribution in [1.82, 2.24) is 20.5 Å². The van der Waals surface area contributed by atoms with Gasteiger partial charge in [-0.15, -0.1) is 0 Å². The number of hydrogen-bond donors (Lipinski definition) is 2. The van der Waals surface area contributed by atoms with Crippen molar-refractivity contribution in [3.8, 4) is 11.5 Å². The van der Waals surface area contributed by atoms with E-state index in [1.54, 1.807) is 6.26 Å². The first-order valence-corrected chi connectivity index (χ1v) is 11.5. The van der Waals surface area contributed by atoms with E-state index in [9.17, 15) is 4.79 Å². The van der Waals surface area contributed by atoms with Crippen molar-refractivity contribution in [3.63, 3.8) is 0 Å². The van der Waals surface area contributed by atoms with E-state index in [-0.39, 0.29) is 5.91 Å². The highest BCUT2D eigenvalue weighted by Gasteiger charge is 2.19. The van der Waals surface area contributed by atoms with Crippen molar-refractivity contribution in [2.75, 3.05) is 13.1 Å². The lowest BCUT2D eigenvalue weighted by atomic mass is 10.1. The number of nitrogens with zero attached hydrogens (tertiary/aromatic N) is 3. The summed E-state index contributed by atoms with van der Waals surface area (Å²) >= 11 is 0. The fourth-order valence-electron chi connectivity index (χ4n) is 3.82. The Bertz CT molecular complexity index is 1100. The van der Waals surface area contributed by atoms with E-state index in [1.807, 2.05) is 42.2 Å². The summed E-state index contributed by atoms with van der Waals surface area (Å²) < 4.78 is 5.65. The van der Waals surface area contributed by atoms with Crippen LogP contribution in [0, 0.1) is 6.92 Å². The Morgan fingerprint density at radius 3 is 2.73 bits per heavy atom. The van der Waals surface area contributed by atoms with E-state index < -0.39 is 0 Å². The fourth-order valence-corrected chi connectivity index (χ4v) is 3.82. The molecule has 1 saturated heterocycles. The fraction of sp³-hybridized carbons (Fsp3) is 0.346. The molecule has 7 heteroatoms. The lowest BCUT2D eigenvalue weighted by molar-refractivity contribution is -0.128. The summed E-state index contributed by atoms with van der Waals surface area (Å²) in [4.78, 5) is 23.1. The van der Waals surface area contributed by atoms with Crippen LogP contribution in [0.25, 0.3) is 11.5 Å². The van der Waals surface area contributed by atoms with E-state index in [2.05, 4.69) is 40.7 Å². The number of aromatic nitrogens is 1. The van der Waals surface area contributed by atoms with Gasteiger partial charge < -0.3 is 20.0 Å². The number of benzene rings is 2. The van der Waals surface area contributed by atoms with Gasteiger partial charge in [-0.2, -0.15) is 0 Å². The molecular weight excluding hydrogens is 414 g/mol. The molecule has 2 heterocycles. The van der Waals surface area contributed by atoms with Crippen LogP contribution in [0.1, 0.15) is 42.1 Å². The molecule has 1 amide bonds. The monoisotopic (exact) mass is 445 g/mol. The van der Waals surface area contributed by atoms with Gasteiger partial charge >= 0.3 is 0 Å². The Kier molecular flexibility index (Phi) is 7.40. The topological polar surface area (TPSA) is 82.8 Å². The maximum atomic E-state index is 11.9. The molecule has 3 aromatic rings. The van der Waals surface area contributed by atoms with Gasteiger partial charge in [0.05, 0.1) is 18.8 Å². The summed E-state index contributed by atoms with van der Waals surface area (Å²) in [5, 5.41) is 6.60. The number of guanidine groups is 1. The molecular formula is C26H31N5O2. The number of oxazole rings is 1. The second-order valence-corrected chi connectivity index (χ2v) is 8.30. The van der Waals surface area contributed by atoms with Crippen LogP contribution in [0.15, 0.2) is 64.2 Å². The maximum Gasteiger partial charge on any atom is 0.226 e. The van der Waals surface area contributed by atoms with Gasteiger partial charge in [-0.1, -0.05) is 42.0 Å². The minimum absolute atomic E-state index is 0.246. The van der Waals surface area contributed by atoms with Crippen LogP contribution in [-0.2, 0) is 24.4 Å². The van der Waals surface area contributed by atoms with Crippen molar-refractivity contribution in [2.45, 2.75) is 46.3 Å². The van der Waals surface area contributed by atoms with Crippen molar-refractivity contribution < 1.29 is 9.21 Å². The van der Waals surface area contributed by atoms with E-state index in [1.165, 1.54) is 5.56 Å². The molecule has 172 valence electrons. The average Bonchev–Trinajstić information content (AvgIpc) is 3.46. The van der Waals surface area contributed by atoms with Crippen LogP contribution in [0.3, 0.4) is 0 Å². The van der Waals surface area contributed by atoms with E-state index >= 15 is 0 Å².